The van der Waals surface area contributed by atoms with Gasteiger partial charge in [0.2, 0.25) is 15.9 Å². The van der Waals surface area contributed by atoms with Crippen molar-refractivity contribution in [2.75, 3.05) is 26.5 Å². The molecule has 0 spiro atoms. The molecule has 0 aliphatic heterocycles. The first-order valence-corrected chi connectivity index (χ1v) is 10.8. The zero-order valence-corrected chi connectivity index (χ0v) is 18.6. The number of amides is 1. The third-order valence-electron chi connectivity index (χ3n) is 4.46. The number of methoxy groups -OCH3 is 1. The highest BCUT2D eigenvalue weighted by molar-refractivity contribution is 7.89. The summed E-state index contributed by atoms with van der Waals surface area (Å²) in [5.41, 5.74) is 1.28. The van der Waals surface area contributed by atoms with Crippen molar-refractivity contribution in [2.45, 2.75) is 30.8 Å². The Morgan fingerprint density at radius 1 is 1.14 bits per heavy atom. The molecule has 2 aromatic carbocycles. The maximum absolute atomic E-state index is 12.6. The molecule has 0 bridgehead atoms. The SMILES string of the molecule is COc1ccccc1C(C)NC(C)C(=O)Nc1ccc(Cl)c(S(=O)(=O)N(C)C)c1. The van der Waals surface area contributed by atoms with Gasteiger partial charge in [0, 0.05) is 31.4 Å². The molecule has 0 heterocycles. The van der Waals surface area contributed by atoms with E-state index in [-0.39, 0.29) is 21.9 Å². The lowest BCUT2D eigenvalue weighted by atomic mass is 10.1. The topological polar surface area (TPSA) is 87.7 Å². The average Bonchev–Trinajstić information content (AvgIpc) is 2.68. The molecule has 0 saturated carbocycles. The lowest BCUT2D eigenvalue weighted by Crippen LogP contribution is -2.39. The van der Waals surface area contributed by atoms with Gasteiger partial charge >= 0.3 is 0 Å². The molecule has 2 unspecified atom stereocenters. The van der Waals surface area contributed by atoms with Gasteiger partial charge in [0.1, 0.15) is 10.6 Å². The van der Waals surface area contributed by atoms with Crippen molar-refractivity contribution in [3.05, 3.63) is 53.1 Å². The second kappa shape index (κ2) is 9.58. The number of anilines is 1. The minimum Gasteiger partial charge on any atom is -0.496 e. The van der Waals surface area contributed by atoms with Crippen molar-refractivity contribution in [3.8, 4) is 5.75 Å². The van der Waals surface area contributed by atoms with Crippen LogP contribution in [0.3, 0.4) is 0 Å². The monoisotopic (exact) mass is 439 g/mol. The number of carbonyl (C=O) groups is 1. The fourth-order valence-corrected chi connectivity index (χ4v) is 4.18. The van der Waals surface area contributed by atoms with Crippen LogP contribution in [-0.2, 0) is 14.8 Å². The number of halogens is 1. The van der Waals surface area contributed by atoms with Gasteiger partial charge < -0.3 is 10.1 Å². The van der Waals surface area contributed by atoms with Gasteiger partial charge in [0.05, 0.1) is 18.2 Å². The Morgan fingerprint density at radius 2 is 1.79 bits per heavy atom. The van der Waals surface area contributed by atoms with E-state index < -0.39 is 16.1 Å². The van der Waals surface area contributed by atoms with Crippen LogP contribution in [0.5, 0.6) is 5.75 Å². The van der Waals surface area contributed by atoms with Crippen molar-refractivity contribution in [1.82, 2.24) is 9.62 Å². The zero-order chi connectivity index (χ0) is 21.8. The Balaban J connectivity index is 2.14. The second-order valence-electron chi connectivity index (χ2n) is 6.77. The minimum atomic E-state index is -3.73. The number of hydrogen-bond donors (Lipinski definition) is 2. The number of para-hydroxylation sites is 1. The summed E-state index contributed by atoms with van der Waals surface area (Å²) in [6, 6.07) is 11.3. The van der Waals surface area contributed by atoms with Crippen LogP contribution >= 0.6 is 11.6 Å². The molecule has 0 saturated heterocycles. The van der Waals surface area contributed by atoms with Gasteiger partial charge in [-0.25, -0.2) is 12.7 Å². The predicted molar refractivity (Wildman–Crippen MR) is 115 cm³/mol. The molecule has 1 amide bonds. The van der Waals surface area contributed by atoms with Gasteiger partial charge in [-0.2, -0.15) is 0 Å². The van der Waals surface area contributed by atoms with E-state index in [0.29, 0.717) is 5.69 Å². The van der Waals surface area contributed by atoms with E-state index in [9.17, 15) is 13.2 Å². The molecule has 0 aliphatic rings. The molecule has 29 heavy (non-hydrogen) atoms. The molecular weight excluding hydrogens is 414 g/mol. The lowest BCUT2D eigenvalue weighted by Gasteiger charge is -2.22. The molecule has 2 rings (SSSR count). The normalized spacial score (nSPS) is 13.8. The molecule has 0 aromatic heterocycles. The molecule has 2 atom stereocenters. The molecule has 2 N–H and O–H groups in total. The van der Waals surface area contributed by atoms with Crippen molar-refractivity contribution in [3.63, 3.8) is 0 Å². The summed E-state index contributed by atoms with van der Waals surface area (Å²) < 4.78 is 31.2. The van der Waals surface area contributed by atoms with E-state index in [1.54, 1.807) is 20.1 Å². The van der Waals surface area contributed by atoms with Crippen LogP contribution in [0.1, 0.15) is 25.5 Å². The van der Waals surface area contributed by atoms with Crippen LogP contribution in [0.4, 0.5) is 5.69 Å². The number of nitrogens with one attached hydrogen (secondary N) is 2. The molecule has 2 aromatic rings. The lowest BCUT2D eigenvalue weighted by molar-refractivity contribution is -0.117. The van der Waals surface area contributed by atoms with E-state index in [1.165, 1.54) is 26.2 Å². The van der Waals surface area contributed by atoms with Crippen molar-refractivity contribution in [1.29, 1.82) is 0 Å². The Labute approximate surface area is 177 Å². The summed E-state index contributed by atoms with van der Waals surface area (Å²) in [4.78, 5) is 12.6. The fraction of sp³-hybridized carbons (Fsp3) is 0.350. The van der Waals surface area contributed by atoms with E-state index in [4.69, 9.17) is 16.3 Å². The van der Waals surface area contributed by atoms with Gasteiger partial charge in [-0.15, -0.1) is 0 Å². The summed E-state index contributed by atoms with van der Waals surface area (Å²) in [6.45, 7) is 3.67. The van der Waals surface area contributed by atoms with Gasteiger partial charge in [-0.1, -0.05) is 29.8 Å². The first-order valence-electron chi connectivity index (χ1n) is 8.99. The summed E-state index contributed by atoms with van der Waals surface area (Å²) in [6.07, 6.45) is 0. The number of sulfonamides is 1. The van der Waals surface area contributed by atoms with E-state index in [1.807, 2.05) is 31.2 Å². The van der Waals surface area contributed by atoms with E-state index >= 15 is 0 Å². The number of hydrogen-bond acceptors (Lipinski definition) is 5. The van der Waals surface area contributed by atoms with Crippen LogP contribution in [0.25, 0.3) is 0 Å². The Bertz CT molecular complexity index is 979. The highest BCUT2D eigenvalue weighted by Gasteiger charge is 2.23. The molecule has 9 heteroatoms. The number of carbonyl (C=O) groups excluding carboxylic acids is 1. The van der Waals surface area contributed by atoms with Crippen LogP contribution in [0, 0.1) is 0 Å². The molecule has 0 fully saturated rings. The fourth-order valence-electron chi connectivity index (χ4n) is 2.79. The number of ether oxygens (including phenoxy) is 1. The molecule has 0 radical (unpaired) electrons. The van der Waals surface area contributed by atoms with Crippen molar-refractivity contribution in [2.24, 2.45) is 0 Å². The van der Waals surface area contributed by atoms with Crippen molar-refractivity contribution >= 4 is 33.2 Å². The zero-order valence-electron chi connectivity index (χ0n) is 17.1. The standard InChI is InChI=1S/C20H26ClN3O4S/c1-13(16-8-6-7-9-18(16)28-5)22-14(2)20(25)23-15-10-11-17(21)19(12-15)29(26,27)24(3)4/h6-14,22H,1-5H3,(H,23,25). The molecule has 0 aliphatic carbocycles. The predicted octanol–water partition coefficient (Wildman–Crippen LogP) is 3.28. The molecular formula is C20H26ClN3O4S. The largest absolute Gasteiger partial charge is 0.496 e. The number of rotatable bonds is 8. The highest BCUT2D eigenvalue weighted by Crippen LogP contribution is 2.27. The van der Waals surface area contributed by atoms with Gasteiger partial charge in [0.25, 0.3) is 0 Å². The van der Waals surface area contributed by atoms with Crippen LogP contribution in [0.2, 0.25) is 5.02 Å². The first kappa shape index (κ1) is 23.2. The third kappa shape index (κ3) is 5.48. The smallest absolute Gasteiger partial charge is 0.244 e. The maximum atomic E-state index is 12.6. The van der Waals surface area contributed by atoms with Gasteiger partial charge in [-0.3, -0.25) is 10.1 Å². The first-order chi connectivity index (χ1) is 13.6. The van der Waals surface area contributed by atoms with E-state index in [2.05, 4.69) is 10.6 Å². The van der Waals surface area contributed by atoms with E-state index in [0.717, 1.165) is 15.6 Å². The summed E-state index contributed by atoms with van der Waals surface area (Å²) in [7, 11) is 0.708. The molecule has 7 nitrogen and oxygen atoms in total. The van der Waals surface area contributed by atoms with Crippen LogP contribution in [-0.4, -0.2) is 45.9 Å². The van der Waals surface area contributed by atoms with Gasteiger partial charge in [0.15, 0.2) is 0 Å². The Hall–Kier alpha value is -2.13. The highest BCUT2D eigenvalue weighted by atomic mass is 35.5. The van der Waals surface area contributed by atoms with Crippen molar-refractivity contribution < 1.29 is 17.9 Å². The number of benzene rings is 2. The molecule has 158 valence electrons. The number of nitrogens with zero attached hydrogens (tertiary/aromatic N) is 1. The average molecular weight is 440 g/mol. The maximum Gasteiger partial charge on any atom is 0.244 e. The summed E-state index contributed by atoms with van der Waals surface area (Å²) in [5.74, 6) is 0.429. The summed E-state index contributed by atoms with van der Waals surface area (Å²) in [5, 5.41) is 6.04. The van der Waals surface area contributed by atoms with Gasteiger partial charge in [-0.05, 0) is 38.1 Å². The van der Waals surface area contributed by atoms with Crippen LogP contribution < -0.4 is 15.4 Å². The Morgan fingerprint density at radius 3 is 2.41 bits per heavy atom. The third-order valence-corrected chi connectivity index (χ3v) is 6.75. The second-order valence-corrected chi connectivity index (χ2v) is 9.30. The minimum absolute atomic E-state index is 0.0648. The Kier molecular flexibility index (Phi) is 7.65. The summed E-state index contributed by atoms with van der Waals surface area (Å²) >= 11 is 6.05. The quantitative estimate of drug-likeness (QED) is 0.659. The van der Waals surface area contributed by atoms with Crippen LogP contribution in [0.15, 0.2) is 47.4 Å².